The number of nitrogens with one attached hydrogen (secondary N) is 2. The van der Waals surface area contributed by atoms with Crippen LogP contribution in [0.2, 0.25) is 0 Å². The van der Waals surface area contributed by atoms with E-state index in [2.05, 4.69) is 15.6 Å². The van der Waals surface area contributed by atoms with E-state index in [0.717, 1.165) is 22.3 Å². The minimum atomic E-state index is -3.20. The predicted molar refractivity (Wildman–Crippen MR) is 130 cm³/mol. The Kier molecular flexibility index (Phi) is 8.54. The smallest absolute Gasteiger partial charge is 0.191 e. The van der Waals surface area contributed by atoms with Crippen molar-refractivity contribution in [1.29, 1.82) is 0 Å². The highest BCUT2D eigenvalue weighted by atomic mass is 127. The summed E-state index contributed by atoms with van der Waals surface area (Å²) < 4.78 is 34.5. The highest BCUT2D eigenvalue weighted by Gasteiger charge is 2.10. The van der Waals surface area contributed by atoms with Crippen LogP contribution < -0.4 is 15.4 Å². The van der Waals surface area contributed by atoms with E-state index in [9.17, 15) is 8.42 Å². The van der Waals surface area contributed by atoms with Gasteiger partial charge in [0.2, 0.25) is 0 Å². The number of rotatable bonds is 7. The van der Waals surface area contributed by atoms with Gasteiger partial charge in [-0.2, -0.15) is 0 Å². The summed E-state index contributed by atoms with van der Waals surface area (Å²) in [6.07, 6.45) is 1.18. The van der Waals surface area contributed by atoms with E-state index >= 15 is 0 Å². The average Bonchev–Trinajstić information content (AvgIpc) is 3.03. The molecule has 9 heteroatoms. The first-order chi connectivity index (χ1) is 13.9. The summed E-state index contributed by atoms with van der Waals surface area (Å²) in [6.45, 7) is 3.51. The summed E-state index contributed by atoms with van der Waals surface area (Å²) in [5, 5.41) is 7.52. The second-order valence-electron chi connectivity index (χ2n) is 6.59. The van der Waals surface area contributed by atoms with Crippen LogP contribution in [0.4, 0.5) is 0 Å². The van der Waals surface area contributed by atoms with Gasteiger partial charge in [0, 0.05) is 24.3 Å². The van der Waals surface area contributed by atoms with E-state index in [1.165, 1.54) is 18.4 Å². The SMILES string of the molecule is CN=C(NCCOc1ccc(S(C)(=O)=O)cc1)NCc1oc2ccccc2c1C.I. The summed E-state index contributed by atoms with van der Waals surface area (Å²) in [7, 11) is -1.50. The Morgan fingerprint density at radius 2 is 1.80 bits per heavy atom. The zero-order chi connectivity index (χ0) is 20.9. The summed E-state index contributed by atoms with van der Waals surface area (Å²) in [5.74, 6) is 2.12. The van der Waals surface area contributed by atoms with Crippen LogP contribution in [-0.4, -0.2) is 40.8 Å². The molecule has 3 aromatic rings. The first-order valence-corrected chi connectivity index (χ1v) is 11.1. The molecule has 0 saturated carbocycles. The van der Waals surface area contributed by atoms with Crippen LogP contribution in [0.25, 0.3) is 11.0 Å². The number of furan rings is 1. The summed E-state index contributed by atoms with van der Waals surface area (Å²) >= 11 is 0. The molecule has 1 aromatic heterocycles. The van der Waals surface area contributed by atoms with Crippen molar-refractivity contribution in [1.82, 2.24) is 10.6 Å². The van der Waals surface area contributed by atoms with Crippen LogP contribution in [0, 0.1) is 6.92 Å². The fourth-order valence-corrected chi connectivity index (χ4v) is 3.53. The van der Waals surface area contributed by atoms with Gasteiger partial charge in [0.05, 0.1) is 18.0 Å². The molecule has 0 aliphatic carbocycles. The maximum Gasteiger partial charge on any atom is 0.191 e. The van der Waals surface area contributed by atoms with Crippen LogP contribution in [0.1, 0.15) is 11.3 Å². The van der Waals surface area contributed by atoms with Gasteiger partial charge in [0.1, 0.15) is 23.7 Å². The molecule has 1 heterocycles. The maximum atomic E-state index is 11.5. The first kappa shape index (κ1) is 24.0. The Balaban J connectivity index is 0.00000320. The van der Waals surface area contributed by atoms with Crippen molar-refractivity contribution in [2.24, 2.45) is 4.99 Å². The van der Waals surface area contributed by atoms with Gasteiger partial charge in [0.25, 0.3) is 0 Å². The largest absolute Gasteiger partial charge is 0.492 e. The number of halogens is 1. The number of hydrogen-bond acceptors (Lipinski definition) is 5. The molecule has 0 fully saturated rings. The van der Waals surface area contributed by atoms with Crippen molar-refractivity contribution >= 4 is 50.7 Å². The lowest BCUT2D eigenvalue weighted by Crippen LogP contribution is -2.38. The minimum Gasteiger partial charge on any atom is -0.492 e. The van der Waals surface area contributed by atoms with Gasteiger partial charge in [-0.05, 0) is 37.3 Å². The number of hydrogen-bond donors (Lipinski definition) is 2. The van der Waals surface area contributed by atoms with Crippen molar-refractivity contribution in [2.45, 2.75) is 18.4 Å². The van der Waals surface area contributed by atoms with Crippen molar-refractivity contribution in [3.05, 3.63) is 59.9 Å². The Hall–Kier alpha value is -2.27. The van der Waals surface area contributed by atoms with Crippen LogP contribution in [-0.2, 0) is 16.4 Å². The van der Waals surface area contributed by atoms with E-state index in [1.807, 2.05) is 31.2 Å². The molecule has 0 radical (unpaired) electrons. The quantitative estimate of drug-likeness (QED) is 0.205. The van der Waals surface area contributed by atoms with Gasteiger partial charge >= 0.3 is 0 Å². The Bertz CT molecular complexity index is 1110. The third-order valence-electron chi connectivity index (χ3n) is 4.50. The number of sulfone groups is 1. The number of benzene rings is 2. The highest BCUT2D eigenvalue weighted by Crippen LogP contribution is 2.24. The molecule has 0 aliphatic rings. The van der Waals surface area contributed by atoms with Crippen molar-refractivity contribution in [2.75, 3.05) is 26.5 Å². The second-order valence-corrected chi connectivity index (χ2v) is 8.61. The third kappa shape index (κ3) is 6.11. The Labute approximate surface area is 193 Å². The van der Waals surface area contributed by atoms with E-state index in [0.29, 0.717) is 31.4 Å². The molecular formula is C21H26IN3O4S. The predicted octanol–water partition coefficient (Wildman–Crippen LogP) is 3.51. The molecule has 0 amide bonds. The lowest BCUT2D eigenvalue weighted by atomic mass is 10.1. The molecule has 0 saturated heterocycles. The van der Waals surface area contributed by atoms with Crippen LogP contribution >= 0.6 is 24.0 Å². The first-order valence-electron chi connectivity index (χ1n) is 9.23. The standard InChI is InChI=1S/C21H25N3O4S.HI/c1-15-18-6-4-5-7-19(18)28-20(15)14-24-21(22-2)23-12-13-27-16-8-10-17(11-9-16)29(3,25)26;/h4-11H,12-14H2,1-3H3,(H2,22,23,24);1H. The van der Waals surface area contributed by atoms with Gasteiger partial charge in [-0.3, -0.25) is 4.99 Å². The van der Waals surface area contributed by atoms with E-state index in [-0.39, 0.29) is 28.9 Å². The summed E-state index contributed by atoms with van der Waals surface area (Å²) in [6, 6.07) is 14.3. The van der Waals surface area contributed by atoms with Gasteiger partial charge in [-0.15, -0.1) is 24.0 Å². The monoisotopic (exact) mass is 543 g/mol. The van der Waals surface area contributed by atoms with Gasteiger partial charge in [-0.1, -0.05) is 18.2 Å². The molecule has 2 N–H and O–H groups in total. The van der Waals surface area contributed by atoms with Crippen molar-refractivity contribution in [3.8, 4) is 5.75 Å². The number of guanidine groups is 1. The number of aryl methyl sites for hydroxylation is 1. The minimum absolute atomic E-state index is 0. The highest BCUT2D eigenvalue weighted by molar-refractivity contribution is 14.0. The Morgan fingerprint density at radius 1 is 1.10 bits per heavy atom. The molecule has 0 spiro atoms. The molecule has 30 heavy (non-hydrogen) atoms. The zero-order valence-corrected chi connectivity index (χ0v) is 20.3. The molecule has 7 nitrogen and oxygen atoms in total. The van der Waals surface area contributed by atoms with Gasteiger partial charge in [0.15, 0.2) is 15.8 Å². The zero-order valence-electron chi connectivity index (χ0n) is 17.1. The molecule has 0 bridgehead atoms. The van der Waals surface area contributed by atoms with Crippen molar-refractivity contribution in [3.63, 3.8) is 0 Å². The third-order valence-corrected chi connectivity index (χ3v) is 5.63. The number of ether oxygens (including phenoxy) is 1. The lowest BCUT2D eigenvalue weighted by Gasteiger charge is -2.12. The number of nitrogens with zero attached hydrogens (tertiary/aromatic N) is 1. The molecule has 162 valence electrons. The van der Waals surface area contributed by atoms with Crippen LogP contribution in [0.15, 0.2) is 62.8 Å². The summed E-state index contributed by atoms with van der Waals surface area (Å²) in [5.41, 5.74) is 1.99. The second kappa shape index (κ2) is 10.7. The van der Waals surface area contributed by atoms with Gasteiger partial charge in [-0.25, -0.2) is 8.42 Å². The maximum absolute atomic E-state index is 11.5. The Morgan fingerprint density at radius 3 is 2.43 bits per heavy atom. The van der Waals surface area contributed by atoms with E-state index < -0.39 is 9.84 Å². The normalized spacial score (nSPS) is 11.8. The fourth-order valence-electron chi connectivity index (χ4n) is 2.90. The van der Waals surface area contributed by atoms with E-state index in [4.69, 9.17) is 9.15 Å². The van der Waals surface area contributed by atoms with Crippen LogP contribution in [0.3, 0.4) is 0 Å². The molecule has 0 atom stereocenters. The lowest BCUT2D eigenvalue weighted by molar-refractivity contribution is 0.321. The molecular weight excluding hydrogens is 517 g/mol. The van der Waals surface area contributed by atoms with Gasteiger partial charge < -0.3 is 19.8 Å². The molecule has 0 unspecified atom stereocenters. The number of aliphatic imine (C=N–C) groups is 1. The molecule has 0 aliphatic heterocycles. The fraction of sp³-hybridized carbons (Fsp3) is 0.286. The number of para-hydroxylation sites is 1. The topological polar surface area (TPSA) is 92.9 Å². The van der Waals surface area contributed by atoms with E-state index in [1.54, 1.807) is 19.2 Å². The average molecular weight is 543 g/mol. The van der Waals surface area contributed by atoms with Crippen molar-refractivity contribution < 1.29 is 17.6 Å². The molecule has 2 aromatic carbocycles. The molecule has 3 rings (SSSR count). The number of fused-ring (bicyclic) bond motifs is 1. The van der Waals surface area contributed by atoms with Crippen LogP contribution in [0.5, 0.6) is 5.75 Å². The summed E-state index contributed by atoms with van der Waals surface area (Å²) in [4.78, 5) is 4.47.